The number of likely N-dealkylation sites (tertiary alicyclic amines) is 1. The van der Waals surface area contributed by atoms with E-state index in [0.29, 0.717) is 12.5 Å². The van der Waals surface area contributed by atoms with Gasteiger partial charge in [0, 0.05) is 26.6 Å². The van der Waals surface area contributed by atoms with Crippen LogP contribution in [0.25, 0.3) is 6.08 Å². The van der Waals surface area contributed by atoms with Gasteiger partial charge in [-0.05, 0) is 92.5 Å². The van der Waals surface area contributed by atoms with E-state index in [4.69, 9.17) is 5.41 Å². The molecule has 6 nitrogen and oxygen atoms in total. The van der Waals surface area contributed by atoms with Gasteiger partial charge in [0.15, 0.2) is 0 Å². The molecule has 2 aliphatic rings. The highest BCUT2D eigenvalue weighted by molar-refractivity contribution is 5.81. The number of nitrogens with zero attached hydrogens (tertiary/aromatic N) is 2. The summed E-state index contributed by atoms with van der Waals surface area (Å²) in [7, 11) is 3.72. The maximum atomic E-state index is 12.5. The number of nitrogens with one attached hydrogen (secondary N) is 3. The average molecular weight is 490 g/mol. The van der Waals surface area contributed by atoms with Gasteiger partial charge in [-0.1, -0.05) is 43.0 Å². The number of dihydropyridines is 1. The minimum atomic E-state index is -0.188. The van der Waals surface area contributed by atoms with E-state index < -0.39 is 0 Å². The third kappa shape index (κ3) is 7.28. The Labute approximate surface area is 217 Å². The summed E-state index contributed by atoms with van der Waals surface area (Å²) >= 11 is 0. The number of hydrogen-bond acceptors (Lipinski definition) is 5. The highest BCUT2D eigenvalue weighted by Crippen LogP contribution is 2.31. The molecule has 2 atom stereocenters. The second-order valence-corrected chi connectivity index (χ2v) is 9.88. The fraction of sp³-hybridized carbons (Fsp3) is 0.467. The molecule has 3 N–H and O–H groups in total. The number of rotatable bonds is 13. The van der Waals surface area contributed by atoms with Gasteiger partial charge in [0.2, 0.25) is 5.91 Å². The van der Waals surface area contributed by atoms with Gasteiger partial charge in [-0.25, -0.2) is 0 Å². The molecule has 2 heterocycles. The van der Waals surface area contributed by atoms with Crippen LogP contribution in [-0.4, -0.2) is 67.7 Å². The third-order valence-electron chi connectivity index (χ3n) is 7.50. The lowest BCUT2D eigenvalue weighted by molar-refractivity contribution is -0.125. The number of benzene rings is 1. The summed E-state index contributed by atoms with van der Waals surface area (Å²) in [5, 5.41) is 13.7. The van der Waals surface area contributed by atoms with Crippen LogP contribution >= 0.6 is 0 Å². The smallest absolute Gasteiger partial charge is 0.237 e. The molecule has 0 aromatic heterocycles. The second kappa shape index (κ2) is 14.0. The van der Waals surface area contributed by atoms with Gasteiger partial charge >= 0.3 is 0 Å². The average Bonchev–Trinajstić information content (AvgIpc) is 2.90. The van der Waals surface area contributed by atoms with Crippen molar-refractivity contribution >= 4 is 18.2 Å². The lowest BCUT2D eigenvalue weighted by Crippen LogP contribution is -2.43. The van der Waals surface area contributed by atoms with Gasteiger partial charge in [-0.15, -0.1) is 6.58 Å². The molecule has 2 unspecified atom stereocenters. The van der Waals surface area contributed by atoms with Crippen molar-refractivity contribution in [3.05, 3.63) is 78.0 Å². The van der Waals surface area contributed by atoms with Crippen LogP contribution in [0.5, 0.6) is 0 Å². The van der Waals surface area contributed by atoms with Crippen molar-refractivity contribution in [3.8, 4) is 0 Å². The molecule has 0 spiro atoms. The van der Waals surface area contributed by atoms with Crippen molar-refractivity contribution in [3.63, 3.8) is 0 Å². The largest absolute Gasteiger partial charge is 0.384 e. The Bertz CT molecular complexity index is 972. The van der Waals surface area contributed by atoms with Crippen molar-refractivity contribution in [2.24, 2.45) is 0 Å². The van der Waals surface area contributed by atoms with Crippen LogP contribution in [0.15, 0.2) is 61.4 Å². The predicted octanol–water partition coefficient (Wildman–Crippen LogP) is 4.47. The number of carbonyl (C=O) groups is 1. The standard InChI is InChI=1S/C30H43N5O/c1-5-7-10-29(30(36)32-3)34(4)21-27-20-25(12-11-23(27)6-2)24-14-18-35(19-15-24)22-26-9-8-17-33-28(26)13-16-31/h5-6,8-9,11-12,16-17,20,24,28-29,31,33H,1-2,7,10,13-15,18-19,21-22H2,3-4H3,(H,32,36). The Morgan fingerprint density at radius 1 is 1.33 bits per heavy atom. The van der Waals surface area contributed by atoms with E-state index >= 15 is 0 Å². The van der Waals surface area contributed by atoms with Crippen LogP contribution in [0.3, 0.4) is 0 Å². The van der Waals surface area contributed by atoms with Crippen molar-refractivity contribution in [2.45, 2.75) is 56.7 Å². The first kappa shape index (κ1) is 27.6. The molecule has 0 saturated carbocycles. The first-order valence-electron chi connectivity index (χ1n) is 13.1. The summed E-state index contributed by atoms with van der Waals surface area (Å²) in [6, 6.07) is 6.82. The molecule has 3 rings (SSSR count). The Kier molecular flexibility index (Phi) is 10.7. The zero-order chi connectivity index (χ0) is 25.9. The van der Waals surface area contributed by atoms with Gasteiger partial charge in [0.25, 0.3) is 0 Å². The fourth-order valence-electron chi connectivity index (χ4n) is 5.34. The number of hydrogen-bond donors (Lipinski definition) is 3. The molecule has 1 amide bonds. The Morgan fingerprint density at radius 2 is 2.11 bits per heavy atom. The SMILES string of the molecule is C=CCCC(C(=O)NC)N(C)Cc1cc(C2CCN(CC3=CC=CNC3CC=N)CC2)ccc1C=C. The number of likely N-dealkylation sites (N-methyl/N-ethyl adjacent to an activating group) is 2. The molecule has 1 aromatic carbocycles. The molecular formula is C30H43N5O. The maximum Gasteiger partial charge on any atom is 0.237 e. The Balaban J connectivity index is 1.65. The van der Waals surface area contributed by atoms with Crippen molar-refractivity contribution in [1.82, 2.24) is 20.4 Å². The van der Waals surface area contributed by atoms with Crippen LogP contribution in [0, 0.1) is 5.41 Å². The minimum absolute atomic E-state index is 0.0460. The van der Waals surface area contributed by atoms with Gasteiger partial charge in [0.1, 0.15) is 0 Å². The summed E-state index contributed by atoms with van der Waals surface area (Å²) in [4.78, 5) is 17.2. The van der Waals surface area contributed by atoms with Crippen LogP contribution in [0.2, 0.25) is 0 Å². The molecule has 0 radical (unpaired) electrons. The maximum absolute atomic E-state index is 12.5. The zero-order valence-electron chi connectivity index (χ0n) is 22.0. The fourth-order valence-corrected chi connectivity index (χ4v) is 5.34. The predicted molar refractivity (Wildman–Crippen MR) is 151 cm³/mol. The van der Waals surface area contributed by atoms with Gasteiger partial charge in [-0.3, -0.25) is 14.6 Å². The lowest BCUT2D eigenvalue weighted by atomic mass is 9.87. The topological polar surface area (TPSA) is 71.5 Å². The second-order valence-electron chi connectivity index (χ2n) is 9.88. The van der Waals surface area contributed by atoms with Crippen LogP contribution < -0.4 is 10.6 Å². The Morgan fingerprint density at radius 3 is 2.78 bits per heavy atom. The molecule has 1 aromatic rings. The summed E-state index contributed by atoms with van der Waals surface area (Å²) in [5.74, 6) is 0.583. The van der Waals surface area contributed by atoms with E-state index in [1.807, 2.05) is 25.4 Å². The van der Waals surface area contributed by atoms with E-state index in [0.717, 1.165) is 57.3 Å². The molecule has 2 aliphatic heterocycles. The summed E-state index contributed by atoms with van der Waals surface area (Å²) in [6.07, 6.45) is 16.1. The van der Waals surface area contributed by atoms with Crippen LogP contribution in [0.1, 0.15) is 54.7 Å². The summed E-state index contributed by atoms with van der Waals surface area (Å²) in [6.45, 7) is 11.6. The van der Waals surface area contributed by atoms with Gasteiger partial charge in [-0.2, -0.15) is 0 Å². The number of piperidine rings is 1. The molecule has 0 bridgehead atoms. The van der Waals surface area contributed by atoms with Crippen molar-refractivity contribution < 1.29 is 4.79 Å². The molecule has 1 fully saturated rings. The molecule has 194 valence electrons. The van der Waals surface area contributed by atoms with E-state index in [2.05, 4.69) is 63.9 Å². The number of allylic oxidation sites excluding steroid dienone is 3. The van der Waals surface area contributed by atoms with Crippen LogP contribution in [0.4, 0.5) is 0 Å². The molecule has 0 aliphatic carbocycles. The quantitative estimate of drug-likeness (QED) is 0.282. The van der Waals surface area contributed by atoms with E-state index in [1.165, 1.54) is 22.9 Å². The summed E-state index contributed by atoms with van der Waals surface area (Å²) in [5.41, 5.74) is 5.10. The molecule has 6 heteroatoms. The minimum Gasteiger partial charge on any atom is -0.384 e. The normalized spacial score (nSPS) is 19.3. The van der Waals surface area contributed by atoms with Crippen LogP contribution in [-0.2, 0) is 11.3 Å². The van der Waals surface area contributed by atoms with E-state index in [-0.39, 0.29) is 18.0 Å². The van der Waals surface area contributed by atoms with Crippen molar-refractivity contribution in [1.29, 1.82) is 5.41 Å². The van der Waals surface area contributed by atoms with E-state index in [9.17, 15) is 4.79 Å². The van der Waals surface area contributed by atoms with Gasteiger partial charge < -0.3 is 16.0 Å². The third-order valence-corrected chi connectivity index (χ3v) is 7.50. The van der Waals surface area contributed by atoms with Gasteiger partial charge in [0.05, 0.1) is 12.1 Å². The first-order chi connectivity index (χ1) is 17.5. The Hall–Kier alpha value is -2.96. The summed E-state index contributed by atoms with van der Waals surface area (Å²) < 4.78 is 0. The highest BCUT2D eigenvalue weighted by atomic mass is 16.2. The molecule has 1 saturated heterocycles. The zero-order valence-corrected chi connectivity index (χ0v) is 22.0. The first-order valence-corrected chi connectivity index (χ1v) is 13.1. The molecule has 36 heavy (non-hydrogen) atoms. The highest BCUT2D eigenvalue weighted by Gasteiger charge is 2.25. The number of carbonyl (C=O) groups excluding carboxylic acids is 1. The van der Waals surface area contributed by atoms with E-state index in [1.54, 1.807) is 7.05 Å². The number of amides is 1. The molecular weight excluding hydrogens is 446 g/mol. The van der Waals surface area contributed by atoms with Crippen molar-refractivity contribution in [2.75, 3.05) is 33.7 Å². The monoisotopic (exact) mass is 489 g/mol. The lowest BCUT2D eigenvalue weighted by Gasteiger charge is -2.35.